The fourth-order valence-corrected chi connectivity index (χ4v) is 2.15. The van der Waals surface area contributed by atoms with Gasteiger partial charge in [0.1, 0.15) is 11.8 Å². The number of hydrogen-bond acceptors (Lipinski definition) is 6. The third-order valence-corrected chi connectivity index (χ3v) is 3.28. The highest BCUT2D eigenvalue weighted by Crippen LogP contribution is 2.18. The van der Waals surface area contributed by atoms with E-state index in [1.54, 1.807) is 6.07 Å². The van der Waals surface area contributed by atoms with Gasteiger partial charge in [0, 0.05) is 18.3 Å². The van der Waals surface area contributed by atoms with Crippen molar-refractivity contribution in [1.29, 1.82) is 5.26 Å². The van der Waals surface area contributed by atoms with Gasteiger partial charge in [-0.2, -0.15) is 5.26 Å². The molecule has 9 nitrogen and oxygen atoms in total. The van der Waals surface area contributed by atoms with Crippen LogP contribution >= 0.6 is 0 Å². The molecule has 0 aromatic carbocycles. The molecule has 1 aliphatic heterocycles. The number of nitriles is 1. The maximum absolute atomic E-state index is 12.1. The first-order valence-corrected chi connectivity index (χ1v) is 6.71. The molecule has 3 heterocycles. The molecule has 0 spiro atoms. The van der Waals surface area contributed by atoms with Crippen LogP contribution in [0.1, 0.15) is 16.1 Å². The first-order chi connectivity index (χ1) is 11.0. The molecule has 23 heavy (non-hydrogen) atoms. The maximum atomic E-state index is 12.1. The summed E-state index contributed by atoms with van der Waals surface area (Å²) in [6.45, 7) is 0.595. The molecule has 2 aromatic heterocycles. The number of carbonyl (C=O) groups excluding carboxylic acids is 1. The molecule has 3 rings (SSSR count). The summed E-state index contributed by atoms with van der Waals surface area (Å²) >= 11 is 0. The number of H-pyrrole nitrogens is 2. The van der Waals surface area contributed by atoms with Crippen molar-refractivity contribution in [3.8, 4) is 11.9 Å². The lowest BCUT2D eigenvalue weighted by Crippen LogP contribution is -2.56. The van der Waals surface area contributed by atoms with Gasteiger partial charge in [-0.05, 0) is 6.07 Å². The Morgan fingerprint density at radius 1 is 1.35 bits per heavy atom. The van der Waals surface area contributed by atoms with Crippen molar-refractivity contribution in [2.24, 2.45) is 0 Å². The van der Waals surface area contributed by atoms with Crippen LogP contribution in [0.2, 0.25) is 0 Å². The summed E-state index contributed by atoms with van der Waals surface area (Å²) in [5.74, 6) is -0.141. The number of nitrogens with zero attached hydrogens (tertiary/aromatic N) is 3. The van der Waals surface area contributed by atoms with E-state index in [4.69, 9.17) is 10.00 Å². The normalized spacial score (nSPS) is 14.0. The summed E-state index contributed by atoms with van der Waals surface area (Å²) in [6.07, 6.45) is 1.21. The molecule has 2 N–H and O–H groups in total. The van der Waals surface area contributed by atoms with E-state index in [1.165, 1.54) is 17.2 Å². The number of amides is 1. The third-order valence-electron chi connectivity index (χ3n) is 3.28. The molecule has 1 aliphatic rings. The van der Waals surface area contributed by atoms with Crippen LogP contribution in [0.15, 0.2) is 34.0 Å². The van der Waals surface area contributed by atoms with Gasteiger partial charge >= 0.3 is 5.69 Å². The Morgan fingerprint density at radius 3 is 2.83 bits per heavy atom. The summed E-state index contributed by atoms with van der Waals surface area (Å²) in [5, 5.41) is 8.81. The van der Waals surface area contributed by atoms with E-state index in [9.17, 15) is 14.4 Å². The monoisotopic (exact) mass is 313 g/mol. The molecular weight excluding hydrogens is 302 g/mol. The second-order valence-corrected chi connectivity index (χ2v) is 4.95. The van der Waals surface area contributed by atoms with E-state index in [0.717, 1.165) is 6.07 Å². The predicted octanol–water partition coefficient (Wildman–Crippen LogP) is -0.767. The van der Waals surface area contributed by atoms with Gasteiger partial charge in [0.05, 0.1) is 24.7 Å². The average Bonchev–Trinajstić information content (AvgIpc) is 2.49. The quantitative estimate of drug-likeness (QED) is 0.765. The van der Waals surface area contributed by atoms with Gasteiger partial charge in [0.15, 0.2) is 0 Å². The molecule has 0 radical (unpaired) electrons. The fraction of sp³-hybridized carbons (Fsp3) is 0.214. The standard InChI is InChI=1S/C14H11N5O4/c15-5-8-1-2-16-12(3-8)23-9-6-19(7-9)13(21)10-4-11(20)18-14(22)17-10/h1-4,9H,6-7H2,(H2,17,18,20,22). The van der Waals surface area contributed by atoms with E-state index in [2.05, 4.69) is 9.97 Å². The van der Waals surface area contributed by atoms with Crippen LogP contribution in [0.4, 0.5) is 0 Å². The Bertz CT molecular complexity index is 876. The second kappa shape index (κ2) is 5.76. The molecule has 9 heteroatoms. The Balaban J connectivity index is 1.62. The van der Waals surface area contributed by atoms with Crippen LogP contribution in [0.3, 0.4) is 0 Å². The van der Waals surface area contributed by atoms with E-state index < -0.39 is 17.2 Å². The zero-order valence-corrected chi connectivity index (χ0v) is 11.8. The van der Waals surface area contributed by atoms with Crippen molar-refractivity contribution in [3.63, 3.8) is 0 Å². The predicted molar refractivity (Wildman–Crippen MR) is 77.0 cm³/mol. The van der Waals surface area contributed by atoms with Crippen LogP contribution in [-0.4, -0.2) is 45.0 Å². The summed E-state index contributed by atoms with van der Waals surface area (Å²) in [6, 6.07) is 6.10. The average molecular weight is 313 g/mol. The largest absolute Gasteiger partial charge is 0.471 e. The number of nitrogens with one attached hydrogen (secondary N) is 2. The Labute approximate surface area is 129 Å². The molecular formula is C14H11N5O4. The minimum absolute atomic E-state index is 0.0678. The maximum Gasteiger partial charge on any atom is 0.326 e. The number of rotatable bonds is 3. The summed E-state index contributed by atoms with van der Waals surface area (Å²) in [5.41, 5.74) is -1.00. The van der Waals surface area contributed by atoms with Crippen molar-refractivity contribution in [2.45, 2.75) is 6.10 Å². The van der Waals surface area contributed by atoms with E-state index in [0.29, 0.717) is 24.5 Å². The number of hydrogen-bond donors (Lipinski definition) is 2. The van der Waals surface area contributed by atoms with Crippen LogP contribution < -0.4 is 16.0 Å². The lowest BCUT2D eigenvalue weighted by atomic mass is 10.1. The fourth-order valence-electron chi connectivity index (χ4n) is 2.15. The second-order valence-electron chi connectivity index (χ2n) is 4.95. The Hall–Kier alpha value is -3.41. The van der Waals surface area contributed by atoms with Crippen LogP contribution in [-0.2, 0) is 0 Å². The van der Waals surface area contributed by atoms with Gasteiger partial charge in [-0.15, -0.1) is 0 Å². The van der Waals surface area contributed by atoms with E-state index in [1.807, 2.05) is 11.1 Å². The van der Waals surface area contributed by atoms with Gasteiger partial charge in [0.25, 0.3) is 11.5 Å². The van der Waals surface area contributed by atoms with Gasteiger partial charge < -0.3 is 14.6 Å². The van der Waals surface area contributed by atoms with Gasteiger partial charge in [-0.3, -0.25) is 14.6 Å². The van der Waals surface area contributed by atoms with E-state index >= 15 is 0 Å². The highest BCUT2D eigenvalue weighted by molar-refractivity contribution is 5.92. The minimum Gasteiger partial charge on any atom is -0.471 e. The first kappa shape index (κ1) is 14.5. The SMILES string of the molecule is N#Cc1ccnc(OC2CN(C(=O)c3cc(=O)[nH]c(=O)[nH]3)C2)c1. The van der Waals surface area contributed by atoms with Crippen LogP contribution in [0.25, 0.3) is 0 Å². The summed E-state index contributed by atoms with van der Waals surface area (Å²) in [4.78, 5) is 44.2. The Morgan fingerprint density at radius 2 is 2.13 bits per heavy atom. The molecule has 0 saturated carbocycles. The zero-order valence-electron chi connectivity index (χ0n) is 11.8. The van der Waals surface area contributed by atoms with Gasteiger partial charge in [0.2, 0.25) is 5.88 Å². The van der Waals surface area contributed by atoms with Crippen molar-refractivity contribution in [1.82, 2.24) is 19.9 Å². The number of pyridine rings is 1. The molecule has 0 atom stereocenters. The molecule has 1 amide bonds. The highest BCUT2D eigenvalue weighted by atomic mass is 16.5. The van der Waals surface area contributed by atoms with Crippen molar-refractivity contribution >= 4 is 5.91 Å². The Kier molecular flexibility index (Phi) is 3.64. The summed E-state index contributed by atoms with van der Waals surface area (Å²) < 4.78 is 5.56. The van der Waals surface area contributed by atoms with Crippen molar-refractivity contribution in [3.05, 3.63) is 56.5 Å². The molecule has 1 fully saturated rings. The number of aromatic nitrogens is 3. The highest BCUT2D eigenvalue weighted by Gasteiger charge is 2.33. The molecule has 0 bridgehead atoms. The smallest absolute Gasteiger partial charge is 0.326 e. The zero-order chi connectivity index (χ0) is 16.4. The van der Waals surface area contributed by atoms with Gasteiger partial charge in [-0.1, -0.05) is 0 Å². The van der Waals surface area contributed by atoms with Crippen molar-refractivity contribution < 1.29 is 9.53 Å². The number of carbonyl (C=O) groups is 1. The molecule has 0 aliphatic carbocycles. The topological polar surface area (TPSA) is 132 Å². The number of likely N-dealkylation sites (tertiary alicyclic amines) is 1. The first-order valence-electron chi connectivity index (χ1n) is 6.71. The molecule has 0 unspecified atom stereocenters. The summed E-state index contributed by atoms with van der Waals surface area (Å²) in [7, 11) is 0. The molecule has 1 saturated heterocycles. The van der Waals surface area contributed by atoms with Crippen LogP contribution in [0, 0.1) is 11.3 Å². The van der Waals surface area contributed by atoms with E-state index in [-0.39, 0.29) is 11.8 Å². The molecule has 116 valence electrons. The number of aromatic amines is 2. The third kappa shape index (κ3) is 3.11. The van der Waals surface area contributed by atoms with Crippen molar-refractivity contribution in [2.75, 3.05) is 13.1 Å². The van der Waals surface area contributed by atoms with Gasteiger partial charge in [-0.25, -0.2) is 9.78 Å². The lowest BCUT2D eigenvalue weighted by molar-refractivity contribution is 0.0155. The molecule has 2 aromatic rings. The number of ether oxygens (including phenoxy) is 1. The minimum atomic E-state index is -0.730. The van der Waals surface area contributed by atoms with Crippen LogP contribution in [0.5, 0.6) is 5.88 Å². The lowest BCUT2D eigenvalue weighted by Gasteiger charge is -2.38.